The Balaban J connectivity index is 1.76. The van der Waals surface area contributed by atoms with Crippen LogP contribution in [0.1, 0.15) is 26.3 Å². The molecule has 5 rings (SSSR count). The first-order valence-corrected chi connectivity index (χ1v) is 8.52. The Bertz CT molecular complexity index is 1230. The Kier molecular flexibility index (Phi) is 3.12. The molecule has 4 nitrogen and oxygen atoms in total. The zero-order valence-corrected chi connectivity index (χ0v) is 14.1. The summed E-state index contributed by atoms with van der Waals surface area (Å²) in [7, 11) is 0. The molecular weight excluding hydrogens is 336 g/mol. The smallest absolute Gasteiger partial charge is 0.265 e. The number of fused-ring (bicyclic) bond motifs is 1. The minimum atomic E-state index is -0.368. The molecule has 2 amide bonds. The number of nitrogens with zero attached hydrogens (tertiary/aromatic N) is 2. The number of carbonyl (C=O) groups is 2. The van der Waals surface area contributed by atoms with Crippen LogP contribution in [0.15, 0.2) is 72.8 Å². The Labute approximate surface area is 155 Å². The molecule has 126 valence electrons. The van der Waals surface area contributed by atoms with Crippen molar-refractivity contribution in [3.8, 4) is 17.2 Å². The van der Waals surface area contributed by atoms with Crippen LogP contribution < -0.4 is 4.90 Å². The fourth-order valence-corrected chi connectivity index (χ4v) is 3.76. The molecule has 3 aliphatic rings. The van der Waals surface area contributed by atoms with E-state index in [4.69, 9.17) is 0 Å². The summed E-state index contributed by atoms with van der Waals surface area (Å²) < 4.78 is 0. The number of imide groups is 1. The zero-order valence-electron chi connectivity index (χ0n) is 14.1. The second-order valence-corrected chi connectivity index (χ2v) is 6.48. The van der Waals surface area contributed by atoms with Gasteiger partial charge in [0.25, 0.3) is 11.8 Å². The van der Waals surface area contributed by atoms with Gasteiger partial charge in [-0.05, 0) is 41.5 Å². The fraction of sp³-hybridized carbons (Fsp3) is 0. The third-order valence-electron chi connectivity index (χ3n) is 5.00. The van der Waals surface area contributed by atoms with Crippen molar-refractivity contribution in [2.75, 3.05) is 4.90 Å². The molecule has 2 aliphatic carbocycles. The highest BCUT2D eigenvalue weighted by Gasteiger charge is 2.35. The van der Waals surface area contributed by atoms with Crippen molar-refractivity contribution in [1.82, 2.24) is 0 Å². The molecule has 0 aromatic heterocycles. The monoisotopic (exact) mass is 348 g/mol. The SMILES string of the molecule is N#Cc1ccc2c3c(cccc13)C(=O)N(c1cc3cccccc-3c1)C2=O. The Morgan fingerprint density at radius 2 is 1.41 bits per heavy atom. The molecule has 0 unspecified atom stereocenters. The van der Waals surface area contributed by atoms with E-state index in [1.807, 2.05) is 42.5 Å². The van der Waals surface area contributed by atoms with Gasteiger partial charge in [0.05, 0.1) is 17.3 Å². The fourth-order valence-electron chi connectivity index (χ4n) is 3.76. The van der Waals surface area contributed by atoms with E-state index in [2.05, 4.69) is 6.07 Å². The summed E-state index contributed by atoms with van der Waals surface area (Å²) in [6.07, 6.45) is 0. The van der Waals surface area contributed by atoms with Crippen molar-refractivity contribution < 1.29 is 9.59 Å². The lowest BCUT2D eigenvalue weighted by Crippen LogP contribution is -2.40. The minimum absolute atomic E-state index is 0.368. The number of hydrogen-bond acceptors (Lipinski definition) is 3. The predicted octanol–water partition coefficient (Wildman–Crippen LogP) is 4.62. The predicted molar refractivity (Wildman–Crippen MR) is 103 cm³/mol. The van der Waals surface area contributed by atoms with Crippen LogP contribution in [-0.4, -0.2) is 11.8 Å². The lowest BCUT2D eigenvalue weighted by molar-refractivity contribution is 0.0893. The highest BCUT2D eigenvalue weighted by molar-refractivity contribution is 6.36. The van der Waals surface area contributed by atoms with Gasteiger partial charge in [-0.15, -0.1) is 0 Å². The summed E-state index contributed by atoms with van der Waals surface area (Å²) in [5, 5.41) is 10.5. The van der Waals surface area contributed by atoms with Crippen molar-refractivity contribution in [2.24, 2.45) is 0 Å². The van der Waals surface area contributed by atoms with Crippen LogP contribution in [0, 0.1) is 11.3 Å². The standard InChI is InChI=1S/C23H12N2O2/c24-13-16-9-10-20-21-18(16)7-4-8-19(21)22(26)25(23(20)27)17-11-14-5-2-1-3-6-15(14)12-17/h1-12H. The van der Waals surface area contributed by atoms with Crippen LogP contribution in [-0.2, 0) is 0 Å². The van der Waals surface area contributed by atoms with Crippen molar-refractivity contribution in [3.63, 3.8) is 0 Å². The Morgan fingerprint density at radius 1 is 0.741 bits per heavy atom. The Morgan fingerprint density at radius 3 is 2.07 bits per heavy atom. The quantitative estimate of drug-likeness (QED) is 0.472. The maximum Gasteiger partial charge on any atom is 0.265 e. The topological polar surface area (TPSA) is 61.2 Å². The molecular formula is C23H12N2O2. The van der Waals surface area contributed by atoms with Crippen molar-refractivity contribution in [3.05, 3.63) is 89.5 Å². The average molecular weight is 348 g/mol. The highest BCUT2D eigenvalue weighted by atomic mass is 16.2. The summed E-state index contributed by atoms with van der Waals surface area (Å²) in [6.45, 7) is 0. The summed E-state index contributed by atoms with van der Waals surface area (Å²) in [6, 6.07) is 24.0. The first kappa shape index (κ1) is 15.3. The van der Waals surface area contributed by atoms with Crippen LogP contribution in [0.3, 0.4) is 0 Å². The van der Waals surface area contributed by atoms with Gasteiger partial charge < -0.3 is 0 Å². The molecule has 4 heteroatoms. The number of anilines is 1. The molecule has 0 atom stereocenters. The number of amides is 2. The van der Waals surface area contributed by atoms with Gasteiger partial charge in [-0.2, -0.15) is 5.26 Å². The van der Waals surface area contributed by atoms with Gasteiger partial charge in [-0.3, -0.25) is 9.59 Å². The van der Waals surface area contributed by atoms with E-state index < -0.39 is 0 Å². The van der Waals surface area contributed by atoms with Crippen LogP contribution in [0.5, 0.6) is 0 Å². The first-order valence-electron chi connectivity index (χ1n) is 8.52. The van der Waals surface area contributed by atoms with E-state index >= 15 is 0 Å². The highest BCUT2D eigenvalue weighted by Crippen LogP contribution is 2.37. The number of hydrogen-bond donors (Lipinski definition) is 0. The van der Waals surface area contributed by atoms with Gasteiger partial charge in [-0.1, -0.05) is 42.5 Å². The first-order chi connectivity index (χ1) is 13.2. The third-order valence-corrected chi connectivity index (χ3v) is 5.00. The zero-order chi connectivity index (χ0) is 18.5. The van der Waals surface area contributed by atoms with Crippen molar-refractivity contribution in [2.45, 2.75) is 0 Å². The third kappa shape index (κ3) is 2.09. The molecule has 0 spiro atoms. The minimum Gasteiger partial charge on any atom is -0.268 e. The molecule has 0 saturated carbocycles. The van der Waals surface area contributed by atoms with Crippen LogP contribution in [0.2, 0.25) is 0 Å². The van der Waals surface area contributed by atoms with E-state index in [1.54, 1.807) is 30.3 Å². The lowest BCUT2D eigenvalue weighted by atomic mass is 9.91. The molecule has 0 N–H and O–H groups in total. The lowest BCUT2D eigenvalue weighted by Gasteiger charge is -2.26. The number of rotatable bonds is 1. The molecule has 1 heterocycles. The van der Waals surface area contributed by atoms with Gasteiger partial charge in [0.2, 0.25) is 0 Å². The second-order valence-electron chi connectivity index (χ2n) is 6.48. The summed E-state index contributed by atoms with van der Waals surface area (Å²) in [4.78, 5) is 27.6. The van der Waals surface area contributed by atoms with Gasteiger partial charge in [0.1, 0.15) is 0 Å². The Hall–Kier alpha value is -3.97. The van der Waals surface area contributed by atoms with Gasteiger partial charge >= 0.3 is 0 Å². The van der Waals surface area contributed by atoms with E-state index in [9.17, 15) is 14.9 Å². The molecule has 0 radical (unpaired) electrons. The molecule has 0 fully saturated rings. The molecule has 2 aromatic carbocycles. The van der Waals surface area contributed by atoms with Crippen LogP contribution in [0.25, 0.3) is 21.9 Å². The van der Waals surface area contributed by atoms with E-state index in [-0.39, 0.29) is 11.8 Å². The van der Waals surface area contributed by atoms with E-state index in [1.165, 1.54) is 4.90 Å². The van der Waals surface area contributed by atoms with E-state index in [0.29, 0.717) is 33.2 Å². The maximum absolute atomic E-state index is 13.2. The number of benzene rings is 2. The molecule has 2 aromatic rings. The van der Waals surface area contributed by atoms with E-state index in [0.717, 1.165) is 11.1 Å². The number of nitriles is 1. The average Bonchev–Trinajstić information content (AvgIpc) is 2.95. The largest absolute Gasteiger partial charge is 0.268 e. The number of carbonyl (C=O) groups excluding carboxylic acids is 2. The summed E-state index contributed by atoms with van der Waals surface area (Å²) >= 11 is 0. The molecule has 1 aliphatic heterocycles. The normalized spacial score (nSPS) is 13.2. The molecule has 27 heavy (non-hydrogen) atoms. The van der Waals surface area contributed by atoms with Gasteiger partial charge in [-0.25, -0.2) is 4.90 Å². The summed E-state index contributed by atoms with van der Waals surface area (Å²) in [5.41, 5.74) is 3.80. The van der Waals surface area contributed by atoms with Gasteiger partial charge in [0.15, 0.2) is 0 Å². The maximum atomic E-state index is 13.2. The second kappa shape index (κ2) is 5.52. The van der Waals surface area contributed by atoms with Crippen molar-refractivity contribution in [1.29, 1.82) is 5.26 Å². The summed E-state index contributed by atoms with van der Waals surface area (Å²) in [5.74, 6) is -0.735. The van der Waals surface area contributed by atoms with Crippen LogP contribution in [0.4, 0.5) is 5.69 Å². The van der Waals surface area contributed by atoms with Crippen LogP contribution >= 0.6 is 0 Å². The van der Waals surface area contributed by atoms with Gasteiger partial charge in [0, 0.05) is 21.9 Å². The molecule has 0 bridgehead atoms. The molecule has 0 saturated heterocycles. The van der Waals surface area contributed by atoms with Crippen molar-refractivity contribution >= 4 is 28.3 Å².